The topological polar surface area (TPSA) is 97.3 Å². The van der Waals surface area contributed by atoms with E-state index in [-0.39, 0.29) is 18.0 Å². The first-order valence-corrected chi connectivity index (χ1v) is 8.27. The minimum atomic E-state index is -0.140. The van der Waals surface area contributed by atoms with Crippen LogP contribution in [0.1, 0.15) is 43.3 Å². The molecule has 0 saturated carbocycles. The van der Waals surface area contributed by atoms with Gasteiger partial charge in [0.05, 0.1) is 0 Å². The van der Waals surface area contributed by atoms with Gasteiger partial charge in [0, 0.05) is 25.2 Å². The monoisotopic (exact) mass is 311 g/mol. The van der Waals surface area contributed by atoms with E-state index in [9.17, 15) is 4.79 Å². The van der Waals surface area contributed by atoms with Crippen LogP contribution in [0.4, 0.5) is 10.9 Å². The summed E-state index contributed by atoms with van der Waals surface area (Å²) in [7, 11) is 0. The van der Waals surface area contributed by atoms with Crippen LogP contribution in [0, 0.1) is 5.92 Å². The van der Waals surface area contributed by atoms with Gasteiger partial charge < -0.3 is 21.7 Å². The SMILES string of the molecule is CC(C)C(C)NC(=O)c1sc(N2CCCC(N)C2)nc1N. The van der Waals surface area contributed by atoms with Crippen LogP contribution in [-0.2, 0) is 0 Å². The van der Waals surface area contributed by atoms with Gasteiger partial charge in [0.15, 0.2) is 5.13 Å². The number of nitrogen functional groups attached to an aromatic ring is 1. The largest absolute Gasteiger partial charge is 0.382 e. The van der Waals surface area contributed by atoms with E-state index < -0.39 is 0 Å². The lowest BCUT2D eigenvalue weighted by molar-refractivity contribution is 0.0935. The molecule has 2 atom stereocenters. The van der Waals surface area contributed by atoms with Gasteiger partial charge >= 0.3 is 0 Å². The molecule has 1 aliphatic rings. The van der Waals surface area contributed by atoms with E-state index in [2.05, 4.69) is 29.0 Å². The number of carbonyl (C=O) groups excluding carboxylic acids is 1. The van der Waals surface area contributed by atoms with Crippen molar-refractivity contribution in [2.45, 2.75) is 45.7 Å². The van der Waals surface area contributed by atoms with E-state index in [0.717, 1.165) is 31.1 Å². The number of hydrogen-bond acceptors (Lipinski definition) is 6. The number of thiazole rings is 1. The summed E-state index contributed by atoms with van der Waals surface area (Å²) >= 11 is 1.35. The Kier molecular flexibility index (Phi) is 5.05. The maximum Gasteiger partial charge on any atom is 0.265 e. The number of anilines is 2. The van der Waals surface area contributed by atoms with Crippen LogP contribution in [0.3, 0.4) is 0 Å². The molecule has 2 heterocycles. The molecule has 0 spiro atoms. The number of carbonyl (C=O) groups is 1. The molecule has 6 nitrogen and oxygen atoms in total. The zero-order chi connectivity index (χ0) is 15.6. The lowest BCUT2D eigenvalue weighted by Crippen LogP contribution is -2.42. The number of nitrogens with zero attached hydrogens (tertiary/aromatic N) is 2. The Morgan fingerprint density at radius 1 is 1.48 bits per heavy atom. The first kappa shape index (κ1) is 16.0. The van der Waals surface area contributed by atoms with Crippen LogP contribution in [0.15, 0.2) is 0 Å². The fourth-order valence-electron chi connectivity index (χ4n) is 2.24. The molecule has 7 heteroatoms. The smallest absolute Gasteiger partial charge is 0.265 e. The van der Waals surface area contributed by atoms with E-state index in [1.54, 1.807) is 0 Å². The molecule has 1 saturated heterocycles. The Bertz CT molecular complexity index is 502. The number of nitrogens with two attached hydrogens (primary N) is 2. The Labute approximate surface area is 129 Å². The summed E-state index contributed by atoms with van der Waals surface area (Å²) in [6, 6.07) is 0.271. The quantitative estimate of drug-likeness (QED) is 0.781. The molecule has 5 N–H and O–H groups in total. The number of amides is 1. The van der Waals surface area contributed by atoms with Gasteiger partial charge in [-0.25, -0.2) is 4.98 Å². The molecule has 0 aromatic carbocycles. The van der Waals surface area contributed by atoms with Crippen LogP contribution in [0.25, 0.3) is 0 Å². The van der Waals surface area contributed by atoms with Gasteiger partial charge in [0.25, 0.3) is 5.91 Å². The molecule has 0 aliphatic carbocycles. The molecule has 1 fully saturated rings. The second-order valence-electron chi connectivity index (χ2n) is 6.07. The van der Waals surface area contributed by atoms with Gasteiger partial charge in [-0.05, 0) is 25.7 Å². The Morgan fingerprint density at radius 2 is 2.19 bits per heavy atom. The van der Waals surface area contributed by atoms with Gasteiger partial charge in [-0.2, -0.15) is 0 Å². The molecule has 1 aromatic rings. The summed E-state index contributed by atoms with van der Waals surface area (Å²) in [5.74, 6) is 0.545. The van der Waals surface area contributed by atoms with Crippen molar-refractivity contribution in [3.8, 4) is 0 Å². The van der Waals surface area contributed by atoms with Gasteiger partial charge in [0.2, 0.25) is 0 Å². The number of hydrogen-bond donors (Lipinski definition) is 3. The van der Waals surface area contributed by atoms with Crippen LogP contribution < -0.4 is 21.7 Å². The van der Waals surface area contributed by atoms with Crippen molar-refractivity contribution in [2.24, 2.45) is 11.7 Å². The van der Waals surface area contributed by atoms with Gasteiger partial charge in [-0.1, -0.05) is 25.2 Å². The first-order valence-electron chi connectivity index (χ1n) is 7.46. The molecular weight excluding hydrogens is 286 g/mol. The fourth-order valence-corrected chi connectivity index (χ4v) is 3.16. The lowest BCUT2D eigenvalue weighted by atomic mass is 10.1. The van der Waals surface area contributed by atoms with E-state index in [1.165, 1.54) is 11.3 Å². The molecule has 2 unspecified atom stereocenters. The zero-order valence-electron chi connectivity index (χ0n) is 12.9. The Morgan fingerprint density at radius 3 is 2.81 bits per heavy atom. The highest BCUT2D eigenvalue weighted by atomic mass is 32.1. The molecule has 2 rings (SSSR count). The predicted octanol–water partition coefficient (Wildman–Crippen LogP) is 1.43. The van der Waals surface area contributed by atoms with Crippen molar-refractivity contribution < 1.29 is 4.79 Å². The standard InChI is InChI=1S/C14H25N5OS/c1-8(2)9(3)17-13(20)11-12(16)18-14(21-11)19-6-4-5-10(15)7-19/h8-10H,4-7,15-16H2,1-3H3,(H,17,20). The van der Waals surface area contributed by atoms with Crippen molar-refractivity contribution >= 4 is 28.2 Å². The van der Waals surface area contributed by atoms with Crippen LogP contribution in [-0.4, -0.2) is 36.1 Å². The highest BCUT2D eigenvalue weighted by Gasteiger charge is 2.24. The summed E-state index contributed by atoms with van der Waals surface area (Å²) in [6.07, 6.45) is 2.09. The lowest BCUT2D eigenvalue weighted by Gasteiger charge is -2.30. The highest BCUT2D eigenvalue weighted by Crippen LogP contribution is 2.30. The van der Waals surface area contributed by atoms with Gasteiger partial charge in [-0.15, -0.1) is 0 Å². The molecule has 1 aliphatic heterocycles. The Balaban J connectivity index is 2.09. The minimum absolute atomic E-state index is 0.103. The van der Waals surface area contributed by atoms with Crippen LogP contribution in [0.2, 0.25) is 0 Å². The minimum Gasteiger partial charge on any atom is -0.382 e. The van der Waals surface area contributed by atoms with Crippen molar-refractivity contribution in [3.63, 3.8) is 0 Å². The van der Waals surface area contributed by atoms with E-state index in [1.807, 2.05) is 6.92 Å². The van der Waals surface area contributed by atoms with E-state index >= 15 is 0 Å². The normalized spacial score (nSPS) is 20.6. The summed E-state index contributed by atoms with van der Waals surface area (Å²) in [5, 5.41) is 3.77. The predicted molar refractivity (Wildman–Crippen MR) is 87.7 cm³/mol. The molecule has 1 amide bonds. The van der Waals surface area contributed by atoms with Gasteiger partial charge in [-0.3, -0.25) is 4.79 Å². The average Bonchev–Trinajstić information content (AvgIpc) is 2.80. The summed E-state index contributed by atoms with van der Waals surface area (Å²) in [5.41, 5.74) is 11.9. The summed E-state index contributed by atoms with van der Waals surface area (Å²) in [4.78, 5) is 19.2. The average molecular weight is 311 g/mol. The van der Waals surface area contributed by atoms with Crippen molar-refractivity contribution in [1.82, 2.24) is 10.3 Å². The molecule has 0 radical (unpaired) electrons. The first-order chi connectivity index (χ1) is 9.88. The maximum atomic E-state index is 12.3. The van der Waals surface area contributed by atoms with Gasteiger partial charge in [0.1, 0.15) is 10.7 Å². The number of piperidine rings is 1. The van der Waals surface area contributed by atoms with Crippen LogP contribution in [0.5, 0.6) is 0 Å². The third-order valence-corrected chi connectivity index (χ3v) is 5.07. The number of rotatable bonds is 4. The molecule has 118 valence electrons. The second kappa shape index (κ2) is 6.62. The van der Waals surface area contributed by atoms with E-state index in [4.69, 9.17) is 11.5 Å². The van der Waals surface area contributed by atoms with E-state index in [0.29, 0.717) is 16.6 Å². The maximum absolute atomic E-state index is 12.3. The zero-order valence-corrected chi connectivity index (χ0v) is 13.7. The number of aromatic nitrogens is 1. The molecule has 0 bridgehead atoms. The summed E-state index contributed by atoms with van der Waals surface area (Å²) in [6.45, 7) is 7.83. The van der Waals surface area contributed by atoms with Crippen molar-refractivity contribution in [3.05, 3.63) is 4.88 Å². The Hall–Kier alpha value is -1.34. The van der Waals surface area contributed by atoms with Crippen molar-refractivity contribution in [1.29, 1.82) is 0 Å². The third-order valence-electron chi connectivity index (χ3n) is 3.94. The number of nitrogens with one attached hydrogen (secondary N) is 1. The second-order valence-corrected chi connectivity index (χ2v) is 7.04. The highest BCUT2D eigenvalue weighted by molar-refractivity contribution is 7.18. The summed E-state index contributed by atoms with van der Waals surface area (Å²) < 4.78 is 0. The molecule has 21 heavy (non-hydrogen) atoms. The fraction of sp³-hybridized carbons (Fsp3) is 0.714. The molecular formula is C14H25N5OS. The third kappa shape index (κ3) is 3.85. The van der Waals surface area contributed by atoms with Crippen molar-refractivity contribution in [2.75, 3.05) is 23.7 Å². The molecule has 1 aromatic heterocycles. The van der Waals surface area contributed by atoms with Crippen LogP contribution >= 0.6 is 11.3 Å².